The van der Waals surface area contributed by atoms with Gasteiger partial charge in [-0.05, 0) is 68.5 Å². The summed E-state index contributed by atoms with van der Waals surface area (Å²) in [6.45, 7) is 4.37. The monoisotopic (exact) mass is 715 g/mol. The smallest absolute Gasteiger partial charge is 0.288 e. The largest absolute Gasteiger partial charge is 0.490 e. The Morgan fingerprint density at radius 2 is 1.73 bits per heavy atom. The molecule has 1 unspecified atom stereocenters. The lowest BCUT2D eigenvalue weighted by atomic mass is 9.96. The van der Waals surface area contributed by atoms with Crippen LogP contribution in [-0.4, -0.2) is 99.9 Å². The van der Waals surface area contributed by atoms with E-state index in [9.17, 15) is 29.3 Å². The average Bonchev–Trinajstić information content (AvgIpc) is 3.36. The van der Waals surface area contributed by atoms with Crippen LogP contribution < -0.4 is 20.3 Å². The van der Waals surface area contributed by atoms with Crippen LogP contribution in [0.2, 0.25) is 0 Å². The van der Waals surface area contributed by atoms with E-state index in [2.05, 4.69) is 25.4 Å². The summed E-state index contributed by atoms with van der Waals surface area (Å²) in [5.41, 5.74) is 2.42. The summed E-state index contributed by atoms with van der Waals surface area (Å²) in [4.78, 5) is 71.0. The molecule has 5 heterocycles. The van der Waals surface area contributed by atoms with Crippen molar-refractivity contribution in [2.24, 2.45) is 0 Å². The van der Waals surface area contributed by atoms with E-state index in [-0.39, 0.29) is 31.0 Å². The first-order valence-electron chi connectivity index (χ1n) is 17.0. The number of piperazine rings is 1. The number of nitrogens with one attached hydrogen (secondary N) is 2. The molecular formula is C35H37N7O8S. The highest BCUT2D eigenvalue weighted by molar-refractivity contribution is 7.99. The fourth-order valence-corrected chi connectivity index (χ4v) is 7.60. The predicted octanol–water partition coefficient (Wildman–Crippen LogP) is 3.72. The van der Waals surface area contributed by atoms with E-state index >= 15 is 0 Å². The minimum Gasteiger partial charge on any atom is -0.490 e. The molecule has 1 atom stereocenters. The number of hydrogen-bond donors (Lipinski definition) is 3. The predicted molar refractivity (Wildman–Crippen MR) is 186 cm³/mol. The van der Waals surface area contributed by atoms with Gasteiger partial charge >= 0.3 is 0 Å². The van der Waals surface area contributed by atoms with Crippen LogP contribution in [0.4, 0.5) is 22.9 Å². The number of anilines is 3. The lowest BCUT2D eigenvalue weighted by Gasteiger charge is -2.36. The van der Waals surface area contributed by atoms with Crippen LogP contribution in [0.15, 0.2) is 58.5 Å². The van der Waals surface area contributed by atoms with Gasteiger partial charge in [-0.3, -0.25) is 44.4 Å². The molecule has 3 aromatic rings. The van der Waals surface area contributed by atoms with Gasteiger partial charge < -0.3 is 20.1 Å². The third kappa shape index (κ3) is 7.25. The number of aromatic nitrogens is 1. The highest BCUT2D eigenvalue weighted by atomic mass is 32.2. The average molecular weight is 716 g/mol. The molecule has 1 saturated carbocycles. The minimum atomic E-state index is -0.946. The maximum atomic E-state index is 12.9. The number of nitro groups is 1. The molecule has 4 aliphatic heterocycles. The fourth-order valence-electron chi connectivity index (χ4n) is 6.58. The number of benzene rings is 2. The quantitative estimate of drug-likeness (QED) is 0.136. The molecule has 15 nitrogen and oxygen atoms in total. The van der Waals surface area contributed by atoms with Crippen molar-refractivity contribution in [2.45, 2.75) is 60.5 Å². The molecule has 2 saturated heterocycles. The zero-order valence-electron chi connectivity index (χ0n) is 27.7. The molecule has 3 N–H and O–H groups in total. The first-order valence-corrected chi connectivity index (χ1v) is 17.8. The Morgan fingerprint density at radius 3 is 2.43 bits per heavy atom. The van der Waals surface area contributed by atoms with E-state index in [1.54, 1.807) is 18.2 Å². The molecule has 5 aliphatic rings. The van der Waals surface area contributed by atoms with Gasteiger partial charge in [0.2, 0.25) is 11.8 Å². The molecule has 1 aliphatic carbocycles. The van der Waals surface area contributed by atoms with Gasteiger partial charge in [-0.1, -0.05) is 11.8 Å². The number of aliphatic hydroxyl groups excluding tert-OH is 1. The van der Waals surface area contributed by atoms with E-state index in [4.69, 9.17) is 9.84 Å². The Balaban J connectivity index is 0.000000165. The number of pyridine rings is 1. The second-order valence-corrected chi connectivity index (χ2v) is 14.0. The molecule has 266 valence electrons. The van der Waals surface area contributed by atoms with Crippen molar-refractivity contribution in [3.05, 3.63) is 69.9 Å². The van der Waals surface area contributed by atoms with Crippen molar-refractivity contribution < 1.29 is 33.9 Å². The van der Waals surface area contributed by atoms with Gasteiger partial charge in [-0.2, -0.15) is 0 Å². The van der Waals surface area contributed by atoms with Gasteiger partial charge in [-0.15, -0.1) is 0 Å². The van der Waals surface area contributed by atoms with E-state index in [1.807, 2.05) is 24.3 Å². The van der Waals surface area contributed by atoms with Gasteiger partial charge in [0.25, 0.3) is 17.5 Å². The zero-order valence-corrected chi connectivity index (χ0v) is 28.5. The normalized spacial score (nSPS) is 19.9. The Bertz CT molecular complexity index is 1900. The van der Waals surface area contributed by atoms with E-state index in [1.165, 1.54) is 24.4 Å². The molecular weight excluding hydrogens is 678 g/mol. The third-order valence-electron chi connectivity index (χ3n) is 9.62. The molecule has 51 heavy (non-hydrogen) atoms. The van der Waals surface area contributed by atoms with Crippen LogP contribution in [0.1, 0.15) is 59.2 Å². The van der Waals surface area contributed by atoms with Crippen molar-refractivity contribution in [1.82, 2.24) is 20.1 Å². The topological polar surface area (TPSA) is 188 Å². The van der Waals surface area contributed by atoms with Crippen molar-refractivity contribution in [1.29, 1.82) is 0 Å². The number of imide groups is 2. The summed E-state index contributed by atoms with van der Waals surface area (Å²) < 4.78 is 5.90. The molecule has 8 rings (SSSR count). The molecule has 16 heteroatoms. The van der Waals surface area contributed by atoms with Gasteiger partial charge in [0.15, 0.2) is 0 Å². The number of aliphatic hydroxyl groups is 1. The number of piperidine rings is 1. The third-order valence-corrected chi connectivity index (χ3v) is 10.7. The number of rotatable bonds is 8. The Morgan fingerprint density at radius 1 is 0.941 bits per heavy atom. The Hall–Kier alpha value is -5.06. The molecule has 0 spiro atoms. The second-order valence-electron chi connectivity index (χ2n) is 12.9. The lowest BCUT2D eigenvalue weighted by Crippen LogP contribution is -2.54. The minimum absolute atomic E-state index is 0.00151. The van der Waals surface area contributed by atoms with Crippen molar-refractivity contribution in [2.75, 3.05) is 49.5 Å². The van der Waals surface area contributed by atoms with Crippen LogP contribution >= 0.6 is 11.8 Å². The summed E-state index contributed by atoms with van der Waals surface area (Å²) in [6.07, 6.45) is 6.07. The molecule has 3 fully saturated rings. The second kappa shape index (κ2) is 14.7. The Labute approximate surface area is 297 Å². The molecule has 0 radical (unpaired) electrons. The van der Waals surface area contributed by atoms with Crippen LogP contribution in [0.3, 0.4) is 0 Å². The summed E-state index contributed by atoms with van der Waals surface area (Å²) in [7, 11) is 0. The SMILES string of the molecule is O=C1CCC(N2C(=O)c3ccc(N4CCN(CCCO)CC4)cc3C2=O)C(=O)N1.O=[N+]([O-])c1cnc2c(c1)Sc1cc(OC3CCC3)ccc1N2. The lowest BCUT2D eigenvalue weighted by molar-refractivity contribution is -0.385. The van der Waals surface area contributed by atoms with E-state index < -0.39 is 28.7 Å². The molecule has 2 aromatic carbocycles. The number of carbonyl (C=O) groups is 4. The van der Waals surface area contributed by atoms with Gasteiger partial charge in [0.05, 0.1) is 32.7 Å². The van der Waals surface area contributed by atoms with Crippen LogP contribution in [-0.2, 0) is 9.59 Å². The highest BCUT2D eigenvalue weighted by Crippen LogP contribution is 2.45. The van der Waals surface area contributed by atoms with Crippen LogP contribution in [0.5, 0.6) is 5.75 Å². The number of nitrogens with zero attached hydrogens (tertiary/aromatic N) is 5. The number of amides is 4. The highest BCUT2D eigenvalue weighted by Gasteiger charge is 2.44. The maximum Gasteiger partial charge on any atom is 0.288 e. The van der Waals surface area contributed by atoms with Gasteiger partial charge in [0.1, 0.15) is 23.8 Å². The zero-order chi connectivity index (χ0) is 35.6. The summed E-state index contributed by atoms with van der Waals surface area (Å²) in [5, 5.41) is 25.2. The number of fused-ring (bicyclic) bond motifs is 3. The van der Waals surface area contributed by atoms with Crippen LogP contribution in [0.25, 0.3) is 0 Å². The van der Waals surface area contributed by atoms with Crippen molar-refractivity contribution in [3.8, 4) is 5.75 Å². The number of hydrogen-bond acceptors (Lipinski definition) is 13. The summed E-state index contributed by atoms with van der Waals surface area (Å²) in [5.74, 6) is -0.462. The first-order chi connectivity index (χ1) is 24.7. The molecule has 0 bridgehead atoms. The summed E-state index contributed by atoms with van der Waals surface area (Å²) >= 11 is 1.47. The van der Waals surface area contributed by atoms with Crippen molar-refractivity contribution >= 4 is 58.3 Å². The maximum absolute atomic E-state index is 12.9. The van der Waals surface area contributed by atoms with Gasteiger partial charge in [0, 0.05) is 62.4 Å². The van der Waals surface area contributed by atoms with E-state index in [0.717, 1.165) is 83.8 Å². The molecule has 1 aromatic heterocycles. The standard InChI is InChI=1S/C20H24N4O5.C15H13N3O3S/c25-11-1-6-22-7-9-23(10-8-22)13-2-3-14-15(12-13)20(29)24(19(14)28)16-4-5-17(26)21-18(16)27;19-18(20)9-6-14-15(16-8-9)17-12-5-4-11(7-13(12)22-14)21-10-2-1-3-10/h2-3,12,16,25H,1,4-11H2,(H,21,26,27);4-8,10H,1-3H2,(H,16,17). The van der Waals surface area contributed by atoms with Gasteiger partial charge in [-0.25, -0.2) is 4.98 Å². The number of carbonyl (C=O) groups excluding carboxylic acids is 4. The number of ether oxygens (including phenoxy) is 1. The molecule has 4 amide bonds. The first kappa shape index (κ1) is 34.4. The summed E-state index contributed by atoms with van der Waals surface area (Å²) in [6, 6.07) is 11.7. The van der Waals surface area contributed by atoms with Crippen molar-refractivity contribution in [3.63, 3.8) is 0 Å². The van der Waals surface area contributed by atoms with Crippen LogP contribution in [0, 0.1) is 10.1 Å². The Kier molecular flexibility index (Phi) is 9.88. The van der Waals surface area contributed by atoms with E-state index in [0.29, 0.717) is 23.0 Å². The fraction of sp³-hybridized carbons (Fsp3) is 0.400.